The van der Waals surface area contributed by atoms with Gasteiger partial charge in [-0.15, -0.1) is 0 Å². The standard InChI is InChI=1S/C14H19NO5/c1-4-14(2)12(16)8-13(14)20-10-6-5-9(15(17)18)7-11(10)19-3/h5-7,12-13,16H,4,8H2,1-3H3. The van der Waals surface area contributed by atoms with Crippen LogP contribution in [0.25, 0.3) is 0 Å². The van der Waals surface area contributed by atoms with Gasteiger partial charge in [0.15, 0.2) is 11.5 Å². The van der Waals surface area contributed by atoms with Crippen LogP contribution in [0, 0.1) is 15.5 Å². The average Bonchev–Trinajstić information content (AvgIpc) is 2.45. The third-order valence-corrected chi connectivity index (χ3v) is 4.32. The third-order valence-electron chi connectivity index (χ3n) is 4.32. The van der Waals surface area contributed by atoms with Crippen molar-refractivity contribution in [2.75, 3.05) is 7.11 Å². The van der Waals surface area contributed by atoms with Crippen LogP contribution in [0.15, 0.2) is 18.2 Å². The lowest BCUT2D eigenvalue weighted by atomic mass is 9.63. The summed E-state index contributed by atoms with van der Waals surface area (Å²) in [6, 6.07) is 4.27. The number of ether oxygens (including phenoxy) is 2. The molecule has 0 bridgehead atoms. The van der Waals surface area contributed by atoms with Crippen molar-refractivity contribution < 1.29 is 19.5 Å². The fraction of sp³-hybridized carbons (Fsp3) is 0.571. The van der Waals surface area contributed by atoms with Crippen molar-refractivity contribution in [3.8, 4) is 11.5 Å². The Morgan fingerprint density at radius 3 is 2.70 bits per heavy atom. The van der Waals surface area contributed by atoms with Gasteiger partial charge in [-0.25, -0.2) is 0 Å². The summed E-state index contributed by atoms with van der Waals surface area (Å²) in [6.45, 7) is 3.98. The molecule has 1 N–H and O–H groups in total. The predicted molar refractivity (Wildman–Crippen MR) is 73.1 cm³/mol. The van der Waals surface area contributed by atoms with E-state index in [-0.39, 0.29) is 23.3 Å². The lowest BCUT2D eigenvalue weighted by molar-refractivity contribution is -0.385. The smallest absolute Gasteiger partial charge is 0.273 e. The maximum Gasteiger partial charge on any atom is 0.273 e. The molecule has 0 radical (unpaired) electrons. The molecule has 1 aromatic carbocycles. The van der Waals surface area contributed by atoms with E-state index in [4.69, 9.17) is 9.47 Å². The molecule has 0 heterocycles. The summed E-state index contributed by atoms with van der Waals surface area (Å²) in [5.41, 5.74) is -0.326. The van der Waals surface area contributed by atoms with Crippen LogP contribution < -0.4 is 9.47 Å². The van der Waals surface area contributed by atoms with Crippen molar-refractivity contribution in [2.24, 2.45) is 5.41 Å². The van der Waals surface area contributed by atoms with E-state index in [1.54, 1.807) is 0 Å². The summed E-state index contributed by atoms with van der Waals surface area (Å²) in [5, 5.41) is 20.6. The van der Waals surface area contributed by atoms with Crippen molar-refractivity contribution in [3.63, 3.8) is 0 Å². The van der Waals surface area contributed by atoms with Gasteiger partial charge in [0.1, 0.15) is 6.10 Å². The van der Waals surface area contributed by atoms with E-state index in [9.17, 15) is 15.2 Å². The molecule has 6 nitrogen and oxygen atoms in total. The molecule has 0 saturated heterocycles. The normalized spacial score (nSPS) is 28.6. The first-order valence-electron chi connectivity index (χ1n) is 6.59. The molecule has 2 rings (SSSR count). The number of methoxy groups -OCH3 is 1. The number of hydrogen-bond donors (Lipinski definition) is 1. The van der Waals surface area contributed by atoms with Gasteiger partial charge in [-0.3, -0.25) is 10.1 Å². The van der Waals surface area contributed by atoms with Crippen molar-refractivity contribution in [1.29, 1.82) is 0 Å². The Bertz CT molecular complexity index is 518. The van der Waals surface area contributed by atoms with Crippen LogP contribution in [0.2, 0.25) is 0 Å². The lowest BCUT2D eigenvalue weighted by Crippen LogP contribution is -2.57. The highest BCUT2D eigenvalue weighted by Crippen LogP contribution is 2.47. The number of benzene rings is 1. The van der Waals surface area contributed by atoms with E-state index in [1.807, 2.05) is 13.8 Å². The number of hydrogen-bond acceptors (Lipinski definition) is 5. The number of aliphatic hydroxyl groups is 1. The summed E-state index contributed by atoms with van der Waals surface area (Å²) in [6.07, 6.45) is 0.873. The molecule has 1 aliphatic carbocycles. The SMILES string of the molecule is CCC1(C)C(O)CC1Oc1ccc([N+](=O)[O-])cc1OC. The molecule has 0 aliphatic heterocycles. The molecular formula is C14H19NO5. The minimum absolute atomic E-state index is 0.0407. The summed E-state index contributed by atoms with van der Waals surface area (Å²) in [7, 11) is 1.44. The highest BCUT2D eigenvalue weighted by molar-refractivity contribution is 5.48. The van der Waals surface area contributed by atoms with E-state index in [2.05, 4.69) is 0 Å². The molecule has 1 aromatic rings. The van der Waals surface area contributed by atoms with Crippen LogP contribution in [-0.4, -0.2) is 29.3 Å². The Hall–Kier alpha value is -1.82. The second-order valence-corrected chi connectivity index (χ2v) is 5.31. The Morgan fingerprint density at radius 2 is 2.20 bits per heavy atom. The Morgan fingerprint density at radius 1 is 1.50 bits per heavy atom. The van der Waals surface area contributed by atoms with Crippen molar-refractivity contribution in [3.05, 3.63) is 28.3 Å². The molecule has 3 atom stereocenters. The molecule has 1 saturated carbocycles. The zero-order chi connectivity index (χ0) is 14.9. The van der Waals surface area contributed by atoms with Crippen molar-refractivity contribution in [1.82, 2.24) is 0 Å². The topological polar surface area (TPSA) is 81.8 Å². The van der Waals surface area contributed by atoms with Gasteiger partial charge in [-0.2, -0.15) is 0 Å². The van der Waals surface area contributed by atoms with Gasteiger partial charge in [0, 0.05) is 17.9 Å². The van der Waals surface area contributed by atoms with Gasteiger partial charge in [0.05, 0.1) is 24.2 Å². The highest BCUT2D eigenvalue weighted by atomic mass is 16.6. The molecule has 3 unspecified atom stereocenters. The van der Waals surface area contributed by atoms with Crippen LogP contribution in [-0.2, 0) is 0 Å². The van der Waals surface area contributed by atoms with Gasteiger partial charge < -0.3 is 14.6 Å². The molecule has 6 heteroatoms. The molecule has 20 heavy (non-hydrogen) atoms. The number of aliphatic hydroxyl groups excluding tert-OH is 1. The van der Waals surface area contributed by atoms with Crippen LogP contribution >= 0.6 is 0 Å². The van der Waals surface area contributed by atoms with E-state index in [1.165, 1.54) is 25.3 Å². The minimum atomic E-state index is -0.477. The minimum Gasteiger partial charge on any atom is -0.493 e. The third kappa shape index (κ3) is 2.31. The largest absolute Gasteiger partial charge is 0.493 e. The van der Waals surface area contributed by atoms with Gasteiger partial charge in [0.25, 0.3) is 5.69 Å². The predicted octanol–water partition coefficient (Wildman–Crippen LogP) is 2.53. The molecule has 0 spiro atoms. The summed E-state index contributed by atoms with van der Waals surface area (Å²) >= 11 is 0. The second kappa shape index (κ2) is 5.28. The quantitative estimate of drug-likeness (QED) is 0.662. The van der Waals surface area contributed by atoms with E-state index >= 15 is 0 Å². The van der Waals surface area contributed by atoms with Crippen LogP contribution in [0.5, 0.6) is 11.5 Å². The lowest BCUT2D eigenvalue weighted by Gasteiger charge is -2.50. The maximum absolute atomic E-state index is 10.7. The highest BCUT2D eigenvalue weighted by Gasteiger charge is 2.51. The molecule has 1 fully saturated rings. The molecule has 1 aliphatic rings. The summed E-state index contributed by atoms with van der Waals surface area (Å²) in [5.74, 6) is 0.800. The maximum atomic E-state index is 10.7. The van der Waals surface area contributed by atoms with E-state index in [0.29, 0.717) is 17.9 Å². The van der Waals surface area contributed by atoms with E-state index < -0.39 is 4.92 Å². The van der Waals surface area contributed by atoms with Gasteiger partial charge in [-0.1, -0.05) is 13.8 Å². The fourth-order valence-corrected chi connectivity index (χ4v) is 2.46. The zero-order valence-electron chi connectivity index (χ0n) is 11.8. The van der Waals surface area contributed by atoms with Crippen molar-refractivity contribution >= 4 is 5.69 Å². The zero-order valence-corrected chi connectivity index (χ0v) is 11.8. The monoisotopic (exact) mass is 281 g/mol. The van der Waals surface area contributed by atoms with Gasteiger partial charge in [0.2, 0.25) is 0 Å². The first-order valence-corrected chi connectivity index (χ1v) is 6.59. The molecule has 110 valence electrons. The number of nitrogens with zero attached hydrogens (tertiary/aromatic N) is 1. The second-order valence-electron chi connectivity index (χ2n) is 5.31. The molecular weight excluding hydrogens is 262 g/mol. The van der Waals surface area contributed by atoms with Crippen LogP contribution in [0.4, 0.5) is 5.69 Å². The van der Waals surface area contributed by atoms with E-state index in [0.717, 1.165) is 6.42 Å². The fourth-order valence-electron chi connectivity index (χ4n) is 2.46. The summed E-state index contributed by atoms with van der Waals surface area (Å²) < 4.78 is 11.0. The molecule has 0 amide bonds. The first-order chi connectivity index (χ1) is 9.42. The molecule has 0 aromatic heterocycles. The first kappa shape index (κ1) is 14.6. The average molecular weight is 281 g/mol. The number of non-ortho nitro benzene ring substituents is 1. The summed E-state index contributed by atoms with van der Waals surface area (Å²) in [4.78, 5) is 10.3. The Labute approximate surface area is 117 Å². The Balaban J connectivity index is 2.20. The van der Waals surface area contributed by atoms with Gasteiger partial charge in [-0.05, 0) is 12.5 Å². The number of rotatable bonds is 5. The van der Waals surface area contributed by atoms with Crippen LogP contribution in [0.1, 0.15) is 26.7 Å². The van der Waals surface area contributed by atoms with Crippen molar-refractivity contribution in [2.45, 2.75) is 38.9 Å². The number of nitro benzene ring substituents is 1. The van der Waals surface area contributed by atoms with Gasteiger partial charge >= 0.3 is 0 Å². The number of nitro groups is 1. The Kier molecular flexibility index (Phi) is 3.85. The van der Waals surface area contributed by atoms with Crippen LogP contribution in [0.3, 0.4) is 0 Å².